The maximum Gasteiger partial charge on any atom is 0.254 e. The minimum atomic E-state index is -0.285. The van der Waals surface area contributed by atoms with Gasteiger partial charge in [0.25, 0.3) is 5.91 Å². The maximum atomic E-state index is 12.9. The predicted molar refractivity (Wildman–Crippen MR) is 93.9 cm³/mol. The van der Waals surface area contributed by atoms with Crippen molar-refractivity contribution in [1.29, 1.82) is 0 Å². The van der Waals surface area contributed by atoms with E-state index in [1.807, 2.05) is 48.5 Å². The number of carbonyl (C=O) groups excluding carboxylic acids is 1. The van der Waals surface area contributed by atoms with Crippen LogP contribution >= 0.6 is 11.6 Å². The normalized spacial score (nSPS) is 11.8. The number of nitrogens with zero attached hydrogens (tertiary/aromatic N) is 3. The molecule has 2 heterocycles. The molecule has 1 unspecified atom stereocenters. The maximum absolute atomic E-state index is 12.9. The Morgan fingerprint density at radius 2 is 1.75 bits per heavy atom. The topological polar surface area (TPSA) is 46.1 Å². The van der Waals surface area contributed by atoms with Gasteiger partial charge in [0, 0.05) is 25.0 Å². The molecule has 1 aromatic carbocycles. The number of amides is 1. The third-order valence-corrected chi connectivity index (χ3v) is 3.97. The van der Waals surface area contributed by atoms with Crippen LogP contribution in [0.3, 0.4) is 0 Å². The molecular weight excluding hydrogens is 322 g/mol. The van der Waals surface area contributed by atoms with E-state index in [9.17, 15) is 4.79 Å². The first-order valence-corrected chi connectivity index (χ1v) is 7.89. The summed E-state index contributed by atoms with van der Waals surface area (Å²) in [6.45, 7) is 0. The predicted octanol–water partition coefficient (Wildman–Crippen LogP) is 3.99. The lowest BCUT2D eigenvalue weighted by Gasteiger charge is -2.28. The van der Waals surface area contributed by atoms with Crippen LogP contribution in [0, 0.1) is 0 Å². The highest BCUT2D eigenvalue weighted by atomic mass is 35.5. The van der Waals surface area contributed by atoms with Crippen LogP contribution in [0.2, 0.25) is 5.15 Å². The number of hydrogen-bond donors (Lipinski definition) is 0. The summed E-state index contributed by atoms with van der Waals surface area (Å²) in [6, 6.07) is 18.5. The minimum absolute atomic E-state index is 0.140. The smallest absolute Gasteiger partial charge is 0.254 e. The van der Waals surface area contributed by atoms with Gasteiger partial charge in [-0.1, -0.05) is 48.0 Å². The number of benzene rings is 1. The lowest BCUT2D eigenvalue weighted by atomic mass is 10.0. The van der Waals surface area contributed by atoms with Crippen LogP contribution in [-0.4, -0.2) is 27.8 Å². The van der Waals surface area contributed by atoms with Crippen molar-refractivity contribution in [2.75, 3.05) is 7.05 Å². The molecular formula is C19H16ClN3O. The number of pyridine rings is 2. The van der Waals surface area contributed by atoms with E-state index in [0.29, 0.717) is 10.7 Å². The zero-order chi connectivity index (χ0) is 16.9. The van der Waals surface area contributed by atoms with Crippen LogP contribution in [0.5, 0.6) is 0 Å². The molecule has 120 valence electrons. The van der Waals surface area contributed by atoms with Gasteiger partial charge in [-0.05, 0) is 29.8 Å². The van der Waals surface area contributed by atoms with E-state index < -0.39 is 0 Å². The molecule has 5 heteroatoms. The highest BCUT2D eigenvalue weighted by molar-refractivity contribution is 6.29. The minimum Gasteiger partial charge on any atom is -0.329 e. The number of hydrogen-bond acceptors (Lipinski definition) is 3. The molecule has 1 atom stereocenters. The van der Waals surface area contributed by atoms with Crippen molar-refractivity contribution in [3.63, 3.8) is 0 Å². The zero-order valence-corrected chi connectivity index (χ0v) is 13.9. The lowest BCUT2D eigenvalue weighted by molar-refractivity contribution is 0.0752. The molecule has 2 aromatic heterocycles. The molecule has 0 radical (unpaired) electrons. The Morgan fingerprint density at radius 1 is 1.00 bits per heavy atom. The fourth-order valence-electron chi connectivity index (χ4n) is 2.62. The average Bonchev–Trinajstić information content (AvgIpc) is 2.63. The lowest BCUT2D eigenvalue weighted by Crippen LogP contribution is -2.32. The molecule has 0 N–H and O–H groups in total. The molecule has 1 amide bonds. The summed E-state index contributed by atoms with van der Waals surface area (Å²) < 4.78 is 0. The first-order valence-electron chi connectivity index (χ1n) is 7.51. The van der Waals surface area contributed by atoms with Crippen LogP contribution in [0.1, 0.15) is 27.7 Å². The fourth-order valence-corrected chi connectivity index (χ4v) is 2.80. The van der Waals surface area contributed by atoms with Crippen molar-refractivity contribution in [2.45, 2.75) is 6.04 Å². The van der Waals surface area contributed by atoms with Crippen molar-refractivity contribution in [1.82, 2.24) is 14.9 Å². The molecule has 3 rings (SSSR count). The first kappa shape index (κ1) is 16.1. The second-order valence-electron chi connectivity index (χ2n) is 5.35. The Balaban J connectivity index is 2.01. The summed E-state index contributed by atoms with van der Waals surface area (Å²) in [7, 11) is 1.77. The number of aromatic nitrogens is 2. The summed E-state index contributed by atoms with van der Waals surface area (Å²) in [5, 5.41) is 0.295. The molecule has 0 spiro atoms. The molecule has 0 aliphatic rings. The third kappa shape index (κ3) is 3.44. The summed E-state index contributed by atoms with van der Waals surface area (Å²) in [5.74, 6) is -0.140. The number of rotatable bonds is 4. The molecule has 0 fully saturated rings. The summed E-state index contributed by atoms with van der Waals surface area (Å²) in [5.41, 5.74) is 2.29. The van der Waals surface area contributed by atoms with Gasteiger partial charge in [-0.3, -0.25) is 9.78 Å². The van der Waals surface area contributed by atoms with Crippen LogP contribution in [0.15, 0.2) is 73.1 Å². The van der Waals surface area contributed by atoms with Gasteiger partial charge in [0.1, 0.15) is 5.15 Å². The number of halogens is 1. The molecule has 3 aromatic rings. The molecule has 0 aliphatic heterocycles. The highest BCUT2D eigenvalue weighted by Gasteiger charge is 2.25. The molecule has 0 saturated heterocycles. The molecule has 0 saturated carbocycles. The van der Waals surface area contributed by atoms with Gasteiger partial charge in [-0.2, -0.15) is 0 Å². The van der Waals surface area contributed by atoms with Gasteiger partial charge in [0.05, 0.1) is 11.7 Å². The first-order chi connectivity index (χ1) is 11.7. The molecule has 0 aliphatic carbocycles. The van der Waals surface area contributed by atoms with Gasteiger partial charge in [0.2, 0.25) is 0 Å². The number of carbonyl (C=O) groups is 1. The quantitative estimate of drug-likeness (QED) is 0.676. The van der Waals surface area contributed by atoms with Gasteiger partial charge in [-0.15, -0.1) is 0 Å². The third-order valence-electron chi connectivity index (χ3n) is 3.76. The van der Waals surface area contributed by atoms with E-state index in [1.54, 1.807) is 30.3 Å². The van der Waals surface area contributed by atoms with Gasteiger partial charge >= 0.3 is 0 Å². The average molecular weight is 338 g/mol. The van der Waals surface area contributed by atoms with Crippen molar-refractivity contribution in [3.05, 3.63) is 95.0 Å². The van der Waals surface area contributed by atoms with E-state index in [1.165, 1.54) is 6.20 Å². The Morgan fingerprint density at radius 3 is 2.42 bits per heavy atom. The SMILES string of the molecule is CN(C(=O)c1ccnc(Cl)c1)C(c1ccccc1)c1ccccn1. The van der Waals surface area contributed by atoms with E-state index in [2.05, 4.69) is 9.97 Å². The second kappa shape index (κ2) is 7.23. The van der Waals surface area contributed by atoms with Crippen molar-refractivity contribution >= 4 is 17.5 Å². The van der Waals surface area contributed by atoms with E-state index >= 15 is 0 Å². The fraction of sp³-hybridized carbons (Fsp3) is 0.105. The van der Waals surface area contributed by atoms with E-state index in [-0.39, 0.29) is 11.9 Å². The van der Waals surface area contributed by atoms with Crippen molar-refractivity contribution < 1.29 is 4.79 Å². The Hall–Kier alpha value is -2.72. The van der Waals surface area contributed by atoms with Crippen molar-refractivity contribution in [2.24, 2.45) is 0 Å². The Kier molecular flexibility index (Phi) is 4.87. The second-order valence-corrected chi connectivity index (χ2v) is 5.74. The Bertz CT molecular complexity index is 785. The molecule has 24 heavy (non-hydrogen) atoms. The largest absolute Gasteiger partial charge is 0.329 e. The van der Waals surface area contributed by atoms with Gasteiger partial charge in [0.15, 0.2) is 0 Å². The van der Waals surface area contributed by atoms with Gasteiger partial charge in [-0.25, -0.2) is 4.98 Å². The van der Waals surface area contributed by atoms with Crippen LogP contribution in [0.25, 0.3) is 0 Å². The molecule has 4 nitrogen and oxygen atoms in total. The van der Waals surface area contributed by atoms with Crippen molar-refractivity contribution in [3.8, 4) is 0 Å². The Labute approximate surface area is 145 Å². The summed E-state index contributed by atoms with van der Waals surface area (Å²) >= 11 is 5.91. The molecule has 0 bridgehead atoms. The van der Waals surface area contributed by atoms with Gasteiger partial charge < -0.3 is 4.90 Å². The summed E-state index contributed by atoms with van der Waals surface area (Å²) in [4.78, 5) is 22.9. The monoisotopic (exact) mass is 337 g/mol. The standard InChI is InChI=1S/C19H16ClN3O/c1-23(19(24)15-10-12-22-17(20)13-15)18(14-7-3-2-4-8-14)16-9-5-6-11-21-16/h2-13,18H,1H3. The zero-order valence-electron chi connectivity index (χ0n) is 13.1. The van der Waals surface area contributed by atoms with Crippen LogP contribution in [-0.2, 0) is 0 Å². The highest BCUT2D eigenvalue weighted by Crippen LogP contribution is 2.27. The summed E-state index contributed by atoms with van der Waals surface area (Å²) in [6.07, 6.45) is 3.26. The van der Waals surface area contributed by atoms with Crippen LogP contribution in [0.4, 0.5) is 0 Å². The van der Waals surface area contributed by atoms with E-state index in [0.717, 1.165) is 11.3 Å². The van der Waals surface area contributed by atoms with E-state index in [4.69, 9.17) is 11.6 Å². The van der Waals surface area contributed by atoms with Crippen LogP contribution < -0.4 is 0 Å².